The van der Waals surface area contributed by atoms with Crippen LogP contribution < -0.4 is 4.90 Å². The molecule has 74 valence electrons. The number of benzene rings is 1. The number of alkyl halides is 1. The molecule has 1 aromatic rings. The molecule has 1 atom stereocenters. The molecule has 0 aliphatic carbocycles. The van der Waals surface area contributed by atoms with Gasteiger partial charge in [0.25, 0.3) is 0 Å². The molecule has 0 saturated carbocycles. The number of likely N-dealkylation sites (N-methyl/N-ethyl adjacent to an activating group) is 1. The summed E-state index contributed by atoms with van der Waals surface area (Å²) >= 11 is 2.49. The fraction of sp³-hybridized carbons (Fsp3) is 0.333. The Balaban J connectivity index is 2.53. The van der Waals surface area contributed by atoms with Gasteiger partial charge in [0.2, 0.25) is 0 Å². The summed E-state index contributed by atoms with van der Waals surface area (Å²) < 4.78 is 0.112. The van der Waals surface area contributed by atoms with Crippen LogP contribution in [0.5, 0.6) is 0 Å². The van der Waals surface area contributed by atoms with E-state index in [0.717, 1.165) is 6.54 Å². The Kier molecular flexibility index (Phi) is 2.56. The van der Waals surface area contributed by atoms with Gasteiger partial charge in [0, 0.05) is 12.2 Å². The van der Waals surface area contributed by atoms with Crippen molar-refractivity contribution in [3.63, 3.8) is 0 Å². The first-order chi connectivity index (χ1) is 6.65. The second-order valence-electron chi connectivity index (χ2n) is 3.66. The Morgan fingerprint density at radius 1 is 1.36 bits per heavy atom. The Morgan fingerprint density at radius 3 is 2.79 bits per heavy atom. The molecule has 14 heavy (non-hydrogen) atoms. The zero-order chi connectivity index (χ0) is 10.2. The molecule has 1 aliphatic heterocycles. The van der Waals surface area contributed by atoms with E-state index in [-0.39, 0.29) is 3.55 Å². The van der Waals surface area contributed by atoms with Gasteiger partial charge in [-0.05, 0) is 31.6 Å². The summed E-state index contributed by atoms with van der Waals surface area (Å²) in [5, 5.41) is 0. The molecule has 1 aromatic carbocycles. The van der Waals surface area contributed by atoms with Crippen LogP contribution in [-0.2, 0) is 0 Å². The molecule has 1 aliphatic rings. The van der Waals surface area contributed by atoms with Crippen molar-refractivity contribution in [2.24, 2.45) is 0 Å². The molecule has 1 heterocycles. The molecule has 0 saturated heterocycles. The van der Waals surface area contributed by atoms with Gasteiger partial charge in [-0.25, -0.2) is 0 Å². The highest BCUT2D eigenvalue weighted by atomic mass is 127. The zero-order valence-corrected chi connectivity index (χ0v) is 10.7. The smallest absolute Gasteiger partial charge is 0.108 e. The molecule has 0 aromatic heterocycles. The van der Waals surface area contributed by atoms with Gasteiger partial charge in [-0.1, -0.05) is 46.9 Å². The predicted molar refractivity (Wildman–Crippen MR) is 70.9 cm³/mol. The molecule has 0 amide bonds. The Morgan fingerprint density at radius 2 is 2.07 bits per heavy atom. The lowest BCUT2D eigenvalue weighted by Crippen LogP contribution is -2.41. The van der Waals surface area contributed by atoms with Crippen LogP contribution in [0.3, 0.4) is 0 Å². The third-order valence-corrected chi connectivity index (χ3v) is 3.58. The SMILES string of the molecule is CCN1c2ccccc2C=CC1(C)I. The van der Waals surface area contributed by atoms with Crippen molar-refractivity contribution in [3.8, 4) is 0 Å². The van der Waals surface area contributed by atoms with Crippen molar-refractivity contribution in [1.29, 1.82) is 0 Å². The van der Waals surface area contributed by atoms with E-state index >= 15 is 0 Å². The highest BCUT2D eigenvalue weighted by Gasteiger charge is 2.28. The zero-order valence-electron chi connectivity index (χ0n) is 8.50. The van der Waals surface area contributed by atoms with Crippen molar-refractivity contribution >= 4 is 34.4 Å². The molecule has 2 heteroatoms. The lowest BCUT2D eigenvalue weighted by Gasteiger charge is -2.39. The van der Waals surface area contributed by atoms with E-state index in [4.69, 9.17) is 0 Å². The molecule has 0 bridgehead atoms. The van der Waals surface area contributed by atoms with E-state index in [2.05, 4.69) is 77.8 Å². The number of hydrogen-bond donors (Lipinski definition) is 0. The maximum Gasteiger partial charge on any atom is 0.108 e. The minimum Gasteiger partial charge on any atom is -0.354 e. The number of nitrogens with zero attached hydrogens (tertiary/aromatic N) is 1. The van der Waals surface area contributed by atoms with E-state index in [1.54, 1.807) is 0 Å². The van der Waals surface area contributed by atoms with Gasteiger partial charge in [0.05, 0.1) is 0 Å². The van der Waals surface area contributed by atoms with E-state index in [1.807, 2.05) is 0 Å². The molecule has 1 unspecified atom stereocenters. The Bertz CT molecular complexity index is 368. The normalized spacial score (nSPS) is 24.9. The van der Waals surface area contributed by atoms with E-state index in [9.17, 15) is 0 Å². The largest absolute Gasteiger partial charge is 0.354 e. The summed E-state index contributed by atoms with van der Waals surface area (Å²) in [5.74, 6) is 0. The van der Waals surface area contributed by atoms with Gasteiger partial charge in [0.15, 0.2) is 0 Å². The maximum absolute atomic E-state index is 2.49. The molecule has 0 fully saturated rings. The van der Waals surface area contributed by atoms with Crippen LogP contribution in [0.2, 0.25) is 0 Å². The highest BCUT2D eigenvalue weighted by Crippen LogP contribution is 2.37. The number of halogens is 1. The van der Waals surface area contributed by atoms with Crippen LogP contribution in [0.25, 0.3) is 6.08 Å². The lowest BCUT2D eigenvalue weighted by atomic mass is 10.0. The summed E-state index contributed by atoms with van der Waals surface area (Å²) in [7, 11) is 0. The van der Waals surface area contributed by atoms with Gasteiger partial charge in [0.1, 0.15) is 3.55 Å². The fourth-order valence-corrected chi connectivity index (χ4v) is 2.70. The van der Waals surface area contributed by atoms with Gasteiger partial charge in [-0.3, -0.25) is 0 Å². The first-order valence-electron chi connectivity index (χ1n) is 4.90. The topological polar surface area (TPSA) is 3.24 Å². The maximum atomic E-state index is 2.49. The van der Waals surface area contributed by atoms with Crippen molar-refractivity contribution in [2.45, 2.75) is 17.4 Å². The number of hydrogen-bond acceptors (Lipinski definition) is 1. The molecular formula is C12H14IN. The quantitative estimate of drug-likeness (QED) is 0.434. The third-order valence-electron chi connectivity index (χ3n) is 2.64. The second-order valence-corrected chi connectivity index (χ2v) is 5.84. The van der Waals surface area contributed by atoms with E-state index < -0.39 is 0 Å². The van der Waals surface area contributed by atoms with Gasteiger partial charge in [-0.15, -0.1) is 0 Å². The van der Waals surface area contributed by atoms with Crippen molar-refractivity contribution in [2.75, 3.05) is 11.4 Å². The van der Waals surface area contributed by atoms with Gasteiger partial charge in [-0.2, -0.15) is 0 Å². The summed E-state index contributed by atoms with van der Waals surface area (Å²) in [6.45, 7) is 5.48. The first kappa shape index (κ1) is 10.0. The molecule has 0 spiro atoms. The standard InChI is InChI=1S/C12H14IN/c1-3-14-11-7-5-4-6-10(11)8-9-12(14,2)13/h4-9H,3H2,1-2H3. The van der Waals surface area contributed by atoms with Crippen molar-refractivity contribution < 1.29 is 0 Å². The Labute approximate surface area is 98.9 Å². The first-order valence-corrected chi connectivity index (χ1v) is 5.98. The lowest BCUT2D eigenvalue weighted by molar-refractivity contribution is 0.731. The second kappa shape index (κ2) is 3.57. The number of para-hydroxylation sites is 1. The van der Waals surface area contributed by atoms with Crippen molar-refractivity contribution in [3.05, 3.63) is 35.9 Å². The van der Waals surface area contributed by atoms with Crippen LogP contribution in [0, 0.1) is 0 Å². The number of anilines is 1. The third kappa shape index (κ3) is 1.56. The van der Waals surface area contributed by atoms with Crippen LogP contribution in [0.1, 0.15) is 19.4 Å². The molecule has 1 nitrogen and oxygen atoms in total. The monoisotopic (exact) mass is 299 g/mol. The molecular weight excluding hydrogens is 285 g/mol. The summed E-state index contributed by atoms with van der Waals surface area (Å²) in [4.78, 5) is 2.42. The van der Waals surface area contributed by atoms with Crippen molar-refractivity contribution in [1.82, 2.24) is 0 Å². The fourth-order valence-electron chi connectivity index (χ4n) is 1.92. The number of rotatable bonds is 1. The average Bonchev–Trinajstić information content (AvgIpc) is 2.17. The van der Waals surface area contributed by atoms with Gasteiger partial charge < -0.3 is 4.90 Å². The average molecular weight is 299 g/mol. The van der Waals surface area contributed by atoms with E-state index in [1.165, 1.54) is 11.3 Å². The number of fused-ring (bicyclic) bond motifs is 1. The molecule has 2 rings (SSSR count). The van der Waals surface area contributed by atoms with Crippen LogP contribution in [0.4, 0.5) is 5.69 Å². The van der Waals surface area contributed by atoms with Crippen LogP contribution in [0.15, 0.2) is 30.3 Å². The highest BCUT2D eigenvalue weighted by molar-refractivity contribution is 14.1. The molecule has 0 radical (unpaired) electrons. The van der Waals surface area contributed by atoms with E-state index in [0.29, 0.717) is 0 Å². The van der Waals surface area contributed by atoms with Crippen LogP contribution >= 0.6 is 22.6 Å². The summed E-state index contributed by atoms with van der Waals surface area (Å²) in [5.41, 5.74) is 2.66. The van der Waals surface area contributed by atoms with Gasteiger partial charge >= 0.3 is 0 Å². The summed E-state index contributed by atoms with van der Waals surface area (Å²) in [6, 6.07) is 8.56. The predicted octanol–water partition coefficient (Wildman–Crippen LogP) is 3.69. The molecule has 0 N–H and O–H groups in total. The summed E-state index contributed by atoms with van der Waals surface area (Å²) in [6.07, 6.45) is 4.48. The minimum atomic E-state index is 0.112. The Hall–Kier alpha value is -0.510. The van der Waals surface area contributed by atoms with Crippen LogP contribution in [-0.4, -0.2) is 10.1 Å². The minimum absolute atomic E-state index is 0.112.